The van der Waals surface area contributed by atoms with E-state index in [1.54, 1.807) is 0 Å². The molecular weight excluding hydrogens is 543 g/mol. The van der Waals surface area contributed by atoms with Crippen molar-refractivity contribution in [2.45, 2.75) is 38.2 Å². The van der Waals surface area contributed by atoms with Crippen LogP contribution in [0, 0.1) is 5.82 Å². The minimum Gasteiger partial charge on any atom is -0.543 e. The highest BCUT2D eigenvalue weighted by Crippen LogP contribution is 2.45. The number of pyridine rings is 1. The van der Waals surface area contributed by atoms with E-state index in [2.05, 4.69) is 4.98 Å². The highest BCUT2D eigenvalue weighted by atomic mass is 35.5. The van der Waals surface area contributed by atoms with Gasteiger partial charge in [0.2, 0.25) is 0 Å². The number of alkyl halides is 6. The van der Waals surface area contributed by atoms with Gasteiger partial charge in [-0.15, -0.1) is 0 Å². The van der Waals surface area contributed by atoms with Gasteiger partial charge in [0.05, 0.1) is 28.5 Å². The maximum absolute atomic E-state index is 14.2. The fourth-order valence-corrected chi connectivity index (χ4v) is 4.30. The predicted octanol–water partition coefficient (Wildman–Crippen LogP) is 6.95. The summed E-state index contributed by atoms with van der Waals surface area (Å²) in [6.45, 7) is -0.374. The van der Waals surface area contributed by atoms with Gasteiger partial charge in [-0.2, -0.15) is 26.3 Å². The number of aromatic nitrogens is 1. The van der Waals surface area contributed by atoms with Crippen molar-refractivity contribution in [1.82, 2.24) is 4.98 Å². The molecule has 0 fully saturated rings. The number of aromatic carboxylic acids is 1. The van der Waals surface area contributed by atoms with Crippen molar-refractivity contribution < 1.29 is 45.4 Å². The van der Waals surface area contributed by atoms with Crippen molar-refractivity contribution in [3.63, 3.8) is 0 Å². The third-order valence-electron chi connectivity index (χ3n) is 5.92. The van der Waals surface area contributed by atoms with E-state index in [0.717, 1.165) is 24.3 Å². The second-order valence-corrected chi connectivity index (χ2v) is 8.89. The molecule has 0 saturated carbocycles. The number of benzene rings is 2. The summed E-state index contributed by atoms with van der Waals surface area (Å²) in [6, 6.07) is 7.36. The summed E-state index contributed by atoms with van der Waals surface area (Å²) in [4.78, 5) is 15.1. The average Bonchev–Trinajstić information content (AvgIpc) is 3.32. The summed E-state index contributed by atoms with van der Waals surface area (Å²) in [5, 5.41) is 11.5. The molecule has 1 aliphatic rings. The number of carboxylic acids is 1. The SMILES string of the molecule is O=C([O-])c1cc(C(F)(F)F)cc(C2=C(c3cc(C(F)(F)F)ccc3OCc3ccc(Cl)cc3F)CCC2)n1. The summed E-state index contributed by atoms with van der Waals surface area (Å²) >= 11 is 5.74. The van der Waals surface area contributed by atoms with Gasteiger partial charge in [-0.3, -0.25) is 0 Å². The zero-order valence-electron chi connectivity index (χ0n) is 19.1. The fraction of sp³-hybridized carbons (Fsp3) is 0.231. The molecular formula is C26H16ClF7NO3-. The lowest BCUT2D eigenvalue weighted by atomic mass is 9.96. The zero-order chi connectivity index (χ0) is 27.8. The van der Waals surface area contributed by atoms with E-state index in [4.69, 9.17) is 16.3 Å². The maximum atomic E-state index is 14.2. The monoisotopic (exact) mass is 558 g/mol. The Bertz CT molecular complexity index is 1430. The number of carbonyl (C=O) groups excluding carboxylic acids is 1. The van der Waals surface area contributed by atoms with E-state index in [1.807, 2.05) is 0 Å². The second kappa shape index (κ2) is 10.3. The van der Waals surface area contributed by atoms with Gasteiger partial charge in [0, 0.05) is 16.1 Å². The Hall–Kier alpha value is -3.60. The molecule has 38 heavy (non-hydrogen) atoms. The minimum absolute atomic E-state index is 0.0685. The first-order chi connectivity index (χ1) is 17.7. The van der Waals surface area contributed by atoms with E-state index in [0.29, 0.717) is 18.6 Å². The van der Waals surface area contributed by atoms with Crippen LogP contribution in [0.3, 0.4) is 0 Å². The van der Waals surface area contributed by atoms with Crippen molar-refractivity contribution in [2.24, 2.45) is 0 Å². The molecule has 0 saturated heterocycles. The van der Waals surface area contributed by atoms with Crippen LogP contribution in [0.4, 0.5) is 30.7 Å². The molecule has 1 heterocycles. The number of rotatable bonds is 6. The molecule has 4 rings (SSSR count). The third kappa shape index (κ3) is 5.93. The largest absolute Gasteiger partial charge is 0.543 e. The Morgan fingerprint density at radius 2 is 1.61 bits per heavy atom. The van der Waals surface area contributed by atoms with Gasteiger partial charge < -0.3 is 14.6 Å². The quantitative estimate of drug-likeness (QED) is 0.307. The Labute approximate surface area is 216 Å². The second-order valence-electron chi connectivity index (χ2n) is 8.46. The van der Waals surface area contributed by atoms with Gasteiger partial charge in [0.1, 0.15) is 18.2 Å². The van der Waals surface area contributed by atoms with Gasteiger partial charge in [-0.25, -0.2) is 9.37 Å². The lowest BCUT2D eigenvalue weighted by Crippen LogP contribution is -2.25. The molecule has 1 aromatic heterocycles. The molecule has 4 nitrogen and oxygen atoms in total. The van der Waals surface area contributed by atoms with Gasteiger partial charge in [0.15, 0.2) is 0 Å². The van der Waals surface area contributed by atoms with Crippen molar-refractivity contribution in [3.8, 4) is 5.75 Å². The van der Waals surface area contributed by atoms with Crippen molar-refractivity contribution in [2.75, 3.05) is 0 Å². The number of ether oxygens (including phenoxy) is 1. The molecule has 12 heteroatoms. The van der Waals surface area contributed by atoms with Gasteiger partial charge >= 0.3 is 12.4 Å². The molecule has 3 aromatic rings. The Morgan fingerprint density at radius 1 is 0.921 bits per heavy atom. The molecule has 0 spiro atoms. The minimum atomic E-state index is -4.91. The topological polar surface area (TPSA) is 62.2 Å². The summed E-state index contributed by atoms with van der Waals surface area (Å²) in [5.41, 5.74) is -3.30. The number of allylic oxidation sites excluding steroid dienone is 2. The fourth-order valence-electron chi connectivity index (χ4n) is 4.14. The van der Waals surface area contributed by atoms with Gasteiger partial charge in [-0.1, -0.05) is 17.7 Å². The molecule has 0 radical (unpaired) electrons. The molecule has 0 N–H and O–H groups in total. The van der Waals surface area contributed by atoms with Crippen molar-refractivity contribution in [3.05, 3.63) is 93.0 Å². The van der Waals surface area contributed by atoms with Crippen LogP contribution in [0.15, 0.2) is 48.5 Å². The Kier molecular flexibility index (Phi) is 7.42. The van der Waals surface area contributed by atoms with E-state index >= 15 is 0 Å². The van der Waals surface area contributed by atoms with E-state index in [-0.39, 0.29) is 58.2 Å². The van der Waals surface area contributed by atoms with Crippen LogP contribution >= 0.6 is 11.6 Å². The molecule has 0 aliphatic heterocycles. The molecule has 200 valence electrons. The van der Waals surface area contributed by atoms with E-state index < -0.39 is 41.0 Å². The molecule has 1 aliphatic carbocycles. The van der Waals surface area contributed by atoms with Crippen LogP contribution < -0.4 is 9.84 Å². The van der Waals surface area contributed by atoms with Gasteiger partial charge in [0.25, 0.3) is 0 Å². The number of carboxylic acid groups (broad SMARTS) is 1. The van der Waals surface area contributed by atoms with E-state index in [9.17, 15) is 40.6 Å². The lowest BCUT2D eigenvalue weighted by Gasteiger charge is -2.18. The number of hydrogen-bond acceptors (Lipinski definition) is 4. The normalized spacial score (nSPS) is 14.2. The molecule has 0 amide bonds. The van der Waals surface area contributed by atoms with Crippen LogP contribution in [-0.2, 0) is 19.0 Å². The van der Waals surface area contributed by atoms with Crippen LogP contribution in [0.25, 0.3) is 11.1 Å². The highest BCUT2D eigenvalue weighted by Gasteiger charge is 2.34. The zero-order valence-corrected chi connectivity index (χ0v) is 19.9. The van der Waals surface area contributed by atoms with E-state index in [1.165, 1.54) is 12.1 Å². The predicted molar refractivity (Wildman–Crippen MR) is 121 cm³/mol. The molecule has 0 unspecified atom stereocenters. The maximum Gasteiger partial charge on any atom is 0.416 e. The van der Waals surface area contributed by atoms with Crippen LogP contribution in [-0.4, -0.2) is 11.0 Å². The Balaban J connectivity index is 1.85. The summed E-state index contributed by atoms with van der Waals surface area (Å²) in [7, 11) is 0. The van der Waals surface area contributed by atoms with Crippen molar-refractivity contribution in [1.29, 1.82) is 0 Å². The standard InChI is InChI=1S/C26H17ClF7NO3/c27-16-6-4-13(20(28)11-16)12-38-23-7-5-14(25(29,30)31)8-19(23)17-2-1-3-18(17)21-9-15(26(32,33)34)10-22(35-21)24(36)37/h4-11H,1-3,12H2,(H,36,37)/p-1. The Morgan fingerprint density at radius 3 is 2.24 bits per heavy atom. The molecule has 2 aromatic carbocycles. The highest BCUT2D eigenvalue weighted by molar-refractivity contribution is 6.30. The van der Waals surface area contributed by atoms with Crippen LogP contribution in [0.5, 0.6) is 5.75 Å². The summed E-state index contributed by atoms with van der Waals surface area (Å²) in [5.74, 6) is -2.71. The summed E-state index contributed by atoms with van der Waals surface area (Å²) in [6.07, 6.45) is -9.02. The molecule has 0 atom stereocenters. The van der Waals surface area contributed by atoms with Crippen molar-refractivity contribution >= 4 is 28.7 Å². The number of halogens is 8. The lowest BCUT2D eigenvalue weighted by molar-refractivity contribution is -0.255. The molecule has 0 bridgehead atoms. The number of carbonyl (C=O) groups is 1. The number of hydrogen-bond donors (Lipinski definition) is 0. The summed E-state index contributed by atoms with van der Waals surface area (Å²) < 4.78 is 101. The average molecular weight is 559 g/mol. The van der Waals surface area contributed by atoms with Gasteiger partial charge in [-0.05, 0) is 72.9 Å². The first-order valence-corrected chi connectivity index (χ1v) is 11.4. The third-order valence-corrected chi connectivity index (χ3v) is 6.15. The number of nitrogens with zero attached hydrogens (tertiary/aromatic N) is 1. The smallest absolute Gasteiger partial charge is 0.416 e. The first kappa shape index (κ1) is 27.4. The van der Waals surface area contributed by atoms with Crippen LogP contribution in [0.2, 0.25) is 5.02 Å². The first-order valence-electron chi connectivity index (χ1n) is 11.1. The van der Waals surface area contributed by atoms with Crippen LogP contribution in [0.1, 0.15) is 57.7 Å².